The van der Waals surface area contributed by atoms with Gasteiger partial charge in [0.2, 0.25) is 0 Å². The van der Waals surface area contributed by atoms with E-state index >= 15 is 0 Å². The zero-order chi connectivity index (χ0) is 18.4. The summed E-state index contributed by atoms with van der Waals surface area (Å²) in [7, 11) is 0. The molecule has 0 aromatic heterocycles. The maximum atomic E-state index is 12.4. The second-order valence-electron chi connectivity index (χ2n) is 7.31. The van der Waals surface area contributed by atoms with Gasteiger partial charge in [0, 0.05) is 4.90 Å². The van der Waals surface area contributed by atoms with E-state index in [2.05, 4.69) is 43.8 Å². The normalized spacial score (nSPS) is 19.9. The summed E-state index contributed by atoms with van der Waals surface area (Å²) >= 11 is 4.25. The Morgan fingerprint density at radius 3 is 2.27 bits per heavy atom. The Kier molecular flexibility index (Phi) is 6.79. The number of unbranched alkanes of at least 4 members (excludes halogenated alkanes) is 1. The van der Waals surface area contributed by atoms with E-state index in [0.29, 0.717) is 11.7 Å². The molecule has 1 aliphatic rings. The third-order valence-electron chi connectivity index (χ3n) is 5.39. The molecule has 0 N–H and O–H groups in total. The van der Waals surface area contributed by atoms with Crippen LogP contribution in [0.3, 0.4) is 0 Å². The average Bonchev–Trinajstić information content (AvgIpc) is 2.68. The fraction of sp³-hybridized carbons (Fsp3) is 0.435. The van der Waals surface area contributed by atoms with Crippen LogP contribution in [0.4, 0.5) is 0 Å². The molecular weight excluding hydrogens is 340 g/mol. The van der Waals surface area contributed by atoms with Crippen molar-refractivity contribution in [1.82, 2.24) is 0 Å². The van der Waals surface area contributed by atoms with Crippen molar-refractivity contribution in [3.05, 3.63) is 59.7 Å². The first-order valence-electron chi connectivity index (χ1n) is 9.75. The summed E-state index contributed by atoms with van der Waals surface area (Å²) in [5, 5.41) is 0. The van der Waals surface area contributed by atoms with Crippen molar-refractivity contribution < 1.29 is 9.53 Å². The Labute approximate surface area is 162 Å². The Morgan fingerprint density at radius 1 is 1.00 bits per heavy atom. The zero-order valence-electron chi connectivity index (χ0n) is 15.5. The maximum absolute atomic E-state index is 12.4. The molecule has 1 fully saturated rings. The van der Waals surface area contributed by atoms with Gasteiger partial charge in [-0.1, -0.05) is 37.6 Å². The van der Waals surface area contributed by atoms with Crippen LogP contribution in [-0.2, 0) is 11.2 Å². The number of esters is 1. The van der Waals surface area contributed by atoms with Crippen molar-refractivity contribution in [2.45, 2.75) is 62.7 Å². The Bertz CT molecular complexity index is 698. The molecule has 2 aromatic carbocycles. The van der Waals surface area contributed by atoms with E-state index in [-0.39, 0.29) is 11.9 Å². The number of carbonyl (C=O) groups is 1. The van der Waals surface area contributed by atoms with Gasteiger partial charge in [-0.3, -0.25) is 4.79 Å². The average molecular weight is 369 g/mol. The van der Waals surface area contributed by atoms with E-state index in [9.17, 15) is 4.79 Å². The van der Waals surface area contributed by atoms with E-state index in [1.807, 2.05) is 12.1 Å². The number of benzene rings is 2. The predicted octanol–water partition coefficient (Wildman–Crippen LogP) is 6.20. The lowest BCUT2D eigenvalue weighted by molar-refractivity contribution is -0.140. The molecule has 0 saturated heterocycles. The van der Waals surface area contributed by atoms with Crippen LogP contribution in [0.1, 0.15) is 62.5 Å². The van der Waals surface area contributed by atoms with Gasteiger partial charge in [0.05, 0.1) is 5.92 Å². The van der Waals surface area contributed by atoms with Gasteiger partial charge in [0.15, 0.2) is 0 Å². The summed E-state index contributed by atoms with van der Waals surface area (Å²) in [6.07, 6.45) is 7.60. The third-order valence-corrected chi connectivity index (χ3v) is 5.68. The molecule has 0 amide bonds. The minimum atomic E-state index is -0.0923. The number of hydrogen-bond donors (Lipinski definition) is 1. The van der Waals surface area contributed by atoms with Crippen LogP contribution in [0.2, 0.25) is 0 Å². The molecule has 138 valence electrons. The number of rotatable bonds is 6. The van der Waals surface area contributed by atoms with Gasteiger partial charge in [0.1, 0.15) is 5.75 Å². The standard InChI is InChI=1S/C23H28O2S/c1-2-3-4-17-5-7-18(8-6-17)19-9-11-20(12-10-19)23(24)25-21-13-15-22(26)16-14-21/h5-8,13-16,19-20,26H,2-4,9-12H2,1H3. The van der Waals surface area contributed by atoms with E-state index < -0.39 is 0 Å². The SMILES string of the molecule is CCCCc1ccc(C2CCC(C(=O)Oc3ccc(S)cc3)CC2)cc1. The van der Waals surface area contributed by atoms with Gasteiger partial charge in [-0.25, -0.2) is 0 Å². The Balaban J connectivity index is 1.50. The highest BCUT2D eigenvalue weighted by molar-refractivity contribution is 7.80. The van der Waals surface area contributed by atoms with E-state index in [1.54, 1.807) is 12.1 Å². The first kappa shape index (κ1) is 19.0. The topological polar surface area (TPSA) is 26.3 Å². The number of carbonyl (C=O) groups excluding carboxylic acids is 1. The monoisotopic (exact) mass is 368 g/mol. The summed E-state index contributed by atoms with van der Waals surface area (Å²) in [5.74, 6) is 1.11. The second kappa shape index (κ2) is 9.27. The molecule has 26 heavy (non-hydrogen) atoms. The number of ether oxygens (including phenoxy) is 1. The highest BCUT2D eigenvalue weighted by Crippen LogP contribution is 2.36. The van der Waals surface area contributed by atoms with Crippen molar-refractivity contribution in [3.8, 4) is 5.75 Å². The van der Waals surface area contributed by atoms with Crippen LogP contribution < -0.4 is 4.74 Å². The summed E-state index contributed by atoms with van der Waals surface area (Å²) in [6, 6.07) is 16.4. The predicted molar refractivity (Wildman–Crippen MR) is 109 cm³/mol. The van der Waals surface area contributed by atoms with Gasteiger partial charge in [0.25, 0.3) is 0 Å². The maximum Gasteiger partial charge on any atom is 0.314 e. The van der Waals surface area contributed by atoms with Crippen molar-refractivity contribution in [3.63, 3.8) is 0 Å². The van der Waals surface area contributed by atoms with Crippen LogP contribution in [0.25, 0.3) is 0 Å². The van der Waals surface area contributed by atoms with Gasteiger partial charge in [-0.15, -0.1) is 12.6 Å². The van der Waals surface area contributed by atoms with Crippen LogP contribution in [0, 0.1) is 5.92 Å². The van der Waals surface area contributed by atoms with Gasteiger partial charge in [-0.2, -0.15) is 0 Å². The summed E-state index contributed by atoms with van der Waals surface area (Å²) < 4.78 is 5.53. The molecule has 0 aliphatic heterocycles. The fourth-order valence-corrected chi connectivity index (χ4v) is 3.86. The lowest BCUT2D eigenvalue weighted by atomic mass is 9.78. The van der Waals surface area contributed by atoms with Crippen LogP contribution in [-0.4, -0.2) is 5.97 Å². The summed E-state index contributed by atoms with van der Waals surface area (Å²) in [5.41, 5.74) is 2.85. The van der Waals surface area contributed by atoms with Crippen LogP contribution in [0.15, 0.2) is 53.4 Å². The lowest BCUT2D eigenvalue weighted by Gasteiger charge is -2.27. The first-order chi connectivity index (χ1) is 12.7. The summed E-state index contributed by atoms with van der Waals surface area (Å²) in [4.78, 5) is 13.3. The molecule has 0 atom stereocenters. The van der Waals surface area contributed by atoms with Crippen molar-refractivity contribution in [2.75, 3.05) is 0 Å². The number of aryl methyl sites for hydroxylation is 1. The second-order valence-corrected chi connectivity index (χ2v) is 7.83. The molecule has 0 bridgehead atoms. The third kappa shape index (κ3) is 5.14. The largest absolute Gasteiger partial charge is 0.426 e. The molecular formula is C23H28O2S. The molecule has 0 unspecified atom stereocenters. The Morgan fingerprint density at radius 2 is 1.65 bits per heavy atom. The van der Waals surface area contributed by atoms with E-state index in [4.69, 9.17) is 4.74 Å². The molecule has 3 heteroatoms. The molecule has 1 aliphatic carbocycles. The highest BCUT2D eigenvalue weighted by atomic mass is 32.1. The van der Waals surface area contributed by atoms with Crippen LogP contribution >= 0.6 is 12.6 Å². The van der Waals surface area contributed by atoms with Crippen molar-refractivity contribution in [2.24, 2.45) is 5.92 Å². The lowest BCUT2D eigenvalue weighted by Crippen LogP contribution is -2.25. The minimum absolute atomic E-state index is 0.0192. The zero-order valence-corrected chi connectivity index (χ0v) is 16.4. The highest BCUT2D eigenvalue weighted by Gasteiger charge is 2.28. The van der Waals surface area contributed by atoms with E-state index in [0.717, 1.165) is 30.6 Å². The molecule has 0 spiro atoms. The van der Waals surface area contributed by atoms with Crippen molar-refractivity contribution in [1.29, 1.82) is 0 Å². The molecule has 0 heterocycles. The Hall–Kier alpha value is -1.74. The summed E-state index contributed by atoms with van der Waals surface area (Å²) in [6.45, 7) is 2.23. The quantitative estimate of drug-likeness (QED) is 0.373. The van der Waals surface area contributed by atoms with Crippen LogP contribution in [0.5, 0.6) is 5.75 Å². The molecule has 0 radical (unpaired) electrons. The number of hydrogen-bond acceptors (Lipinski definition) is 3. The van der Waals surface area contributed by atoms with Gasteiger partial charge < -0.3 is 4.74 Å². The van der Waals surface area contributed by atoms with Gasteiger partial charge >= 0.3 is 5.97 Å². The molecule has 3 rings (SSSR count). The fourth-order valence-electron chi connectivity index (χ4n) is 3.71. The molecule has 2 aromatic rings. The first-order valence-corrected chi connectivity index (χ1v) is 10.2. The van der Waals surface area contributed by atoms with E-state index in [1.165, 1.54) is 30.4 Å². The van der Waals surface area contributed by atoms with Gasteiger partial charge in [-0.05, 0) is 79.8 Å². The van der Waals surface area contributed by atoms with Crippen molar-refractivity contribution >= 4 is 18.6 Å². The number of thiol groups is 1. The molecule has 2 nitrogen and oxygen atoms in total. The smallest absolute Gasteiger partial charge is 0.314 e. The molecule has 1 saturated carbocycles. The minimum Gasteiger partial charge on any atom is -0.426 e.